The van der Waals surface area contributed by atoms with Gasteiger partial charge in [-0.1, -0.05) is 39.0 Å². The van der Waals surface area contributed by atoms with Crippen LogP contribution in [0.3, 0.4) is 0 Å². The van der Waals surface area contributed by atoms with Gasteiger partial charge in [-0.2, -0.15) is 0 Å². The first kappa shape index (κ1) is 10.7. The van der Waals surface area contributed by atoms with Crippen molar-refractivity contribution in [2.75, 3.05) is 6.61 Å². The van der Waals surface area contributed by atoms with Crippen molar-refractivity contribution in [3.05, 3.63) is 34.9 Å². The second-order valence-corrected chi connectivity index (χ2v) is 5.01. The molecule has 1 aliphatic heterocycles. The minimum absolute atomic E-state index is 0.607. The quantitative estimate of drug-likeness (QED) is 0.680. The summed E-state index contributed by atoms with van der Waals surface area (Å²) < 4.78 is 5.67. The van der Waals surface area contributed by atoms with E-state index in [1.807, 2.05) is 0 Å². The molecule has 1 heterocycles. The highest BCUT2D eigenvalue weighted by molar-refractivity contribution is 5.34. The smallest absolute Gasteiger partial charge is 0.0719 e. The molecule has 15 heavy (non-hydrogen) atoms. The van der Waals surface area contributed by atoms with Crippen molar-refractivity contribution in [2.45, 2.75) is 39.7 Å². The molecule has 0 saturated carbocycles. The summed E-state index contributed by atoms with van der Waals surface area (Å²) in [6.45, 7) is 8.42. The van der Waals surface area contributed by atoms with E-state index in [-0.39, 0.29) is 0 Å². The van der Waals surface area contributed by atoms with E-state index in [0.29, 0.717) is 11.8 Å². The Balaban J connectivity index is 2.31. The molecule has 1 aromatic rings. The van der Waals surface area contributed by atoms with Gasteiger partial charge < -0.3 is 4.74 Å². The van der Waals surface area contributed by atoms with E-state index >= 15 is 0 Å². The zero-order chi connectivity index (χ0) is 10.8. The molecule has 0 saturated heterocycles. The van der Waals surface area contributed by atoms with E-state index in [1.165, 1.54) is 16.7 Å². The van der Waals surface area contributed by atoms with Gasteiger partial charge >= 0.3 is 0 Å². The topological polar surface area (TPSA) is 9.23 Å². The molecule has 1 aromatic carbocycles. The molecule has 0 spiro atoms. The third-order valence-corrected chi connectivity index (χ3v) is 3.13. The zero-order valence-electron chi connectivity index (χ0n) is 9.92. The van der Waals surface area contributed by atoms with Gasteiger partial charge in [0.05, 0.1) is 6.61 Å². The standard InChI is InChI=1S/C14H20O/c1-10(2)12-4-5-13-6-11(3)8-15-9-14(13)7-12/h4-5,7,10-11H,6,8-9H2,1-3H3/t11-/m1/s1. The molecular formula is C14H20O. The van der Waals surface area contributed by atoms with Gasteiger partial charge in [0.15, 0.2) is 0 Å². The Hall–Kier alpha value is -0.820. The molecule has 0 N–H and O–H groups in total. The van der Waals surface area contributed by atoms with Gasteiger partial charge in [-0.05, 0) is 34.9 Å². The molecule has 0 radical (unpaired) electrons. The summed E-state index contributed by atoms with van der Waals surface area (Å²) in [5.41, 5.74) is 4.29. The molecule has 82 valence electrons. The SMILES string of the molecule is CC(C)c1ccc2c(c1)COC[C@H](C)C2. The summed E-state index contributed by atoms with van der Waals surface area (Å²) in [5, 5.41) is 0. The van der Waals surface area contributed by atoms with Crippen molar-refractivity contribution < 1.29 is 4.74 Å². The van der Waals surface area contributed by atoms with Crippen LogP contribution in [0.1, 0.15) is 43.4 Å². The van der Waals surface area contributed by atoms with Gasteiger partial charge in [0, 0.05) is 6.61 Å². The number of ether oxygens (including phenoxy) is 1. The summed E-state index contributed by atoms with van der Waals surface area (Å²) in [6, 6.07) is 6.87. The summed E-state index contributed by atoms with van der Waals surface area (Å²) in [5.74, 6) is 1.26. The van der Waals surface area contributed by atoms with Gasteiger partial charge in [0.1, 0.15) is 0 Å². The van der Waals surface area contributed by atoms with Crippen LogP contribution < -0.4 is 0 Å². The Labute approximate surface area is 92.5 Å². The maximum absolute atomic E-state index is 5.67. The molecule has 0 bridgehead atoms. The van der Waals surface area contributed by atoms with Gasteiger partial charge in [-0.15, -0.1) is 0 Å². The average Bonchev–Trinajstić information content (AvgIpc) is 2.37. The van der Waals surface area contributed by atoms with E-state index in [2.05, 4.69) is 39.0 Å². The normalized spacial score (nSPS) is 21.2. The molecule has 1 heteroatoms. The fraction of sp³-hybridized carbons (Fsp3) is 0.571. The maximum atomic E-state index is 5.67. The predicted molar refractivity (Wildman–Crippen MR) is 63.1 cm³/mol. The average molecular weight is 204 g/mol. The minimum Gasteiger partial charge on any atom is -0.376 e. The number of fused-ring (bicyclic) bond motifs is 1. The Bertz CT molecular complexity index is 341. The van der Waals surface area contributed by atoms with Crippen LogP contribution in [0.5, 0.6) is 0 Å². The second-order valence-electron chi connectivity index (χ2n) is 5.01. The maximum Gasteiger partial charge on any atom is 0.0719 e. The van der Waals surface area contributed by atoms with Crippen LogP contribution in [0.25, 0.3) is 0 Å². The lowest BCUT2D eigenvalue weighted by atomic mass is 9.94. The molecule has 2 rings (SSSR count). The minimum atomic E-state index is 0.607. The van der Waals surface area contributed by atoms with Crippen molar-refractivity contribution in [3.63, 3.8) is 0 Å². The number of hydrogen-bond donors (Lipinski definition) is 0. The largest absolute Gasteiger partial charge is 0.376 e. The van der Waals surface area contributed by atoms with E-state index in [1.54, 1.807) is 0 Å². The molecule has 0 fully saturated rings. The van der Waals surface area contributed by atoms with Crippen LogP contribution in [-0.2, 0) is 17.8 Å². The monoisotopic (exact) mass is 204 g/mol. The van der Waals surface area contributed by atoms with Crippen LogP contribution in [-0.4, -0.2) is 6.61 Å². The van der Waals surface area contributed by atoms with Crippen LogP contribution in [0.15, 0.2) is 18.2 Å². The lowest BCUT2D eigenvalue weighted by molar-refractivity contribution is 0.100. The van der Waals surface area contributed by atoms with Gasteiger partial charge in [0.2, 0.25) is 0 Å². The molecular weight excluding hydrogens is 184 g/mol. The van der Waals surface area contributed by atoms with Crippen LogP contribution in [0.2, 0.25) is 0 Å². The molecule has 0 aromatic heterocycles. The summed E-state index contributed by atoms with van der Waals surface area (Å²) >= 11 is 0. The lowest BCUT2D eigenvalue weighted by Crippen LogP contribution is -2.03. The summed E-state index contributed by atoms with van der Waals surface area (Å²) in [6.07, 6.45) is 1.16. The fourth-order valence-corrected chi connectivity index (χ4v) is 2.14. The third kappa shape index (κ3) is 2.40. The Kier molecular flexibility index (Phi) is 3.11. The van der Waals surface area contributed by atoms with E-state index in [4.69, 9.17) is 4.74 Å². The highest BCUT2D eigenvalue weighted by Crippen LogP contribution is 2.24. The molecule has 1 aliphatic rings. The zero-order valence-corrected chi connectivity index (χ0v) is 9.92. The van der Waals surface area contributed by atoms with Gasteiger partial charge in [-0.25, -0.2) is 0 Å². The molecule has 1 atom stereocenters. The van der Waals surface area contributed by atoms with Crippen LogP contribution in [0, 0.1) is 5.92 Å². The second kappa shape index (κ2) is 4.36. The summed E-state index contributed by atoms with van der Waals surface area (Å²) in [4.78, 5) is 0. The van der Waals surface area contributed by atoms with Crippen molar-refractivity contribution in [1.82, 2.24) is 0 Å². The first-order chi connectivity index (χ1) is 7.16. The van der Waals surface area contributed by atoms with Crippen molar-refractivity contribution in [3.8, 4) is 0 Å². The third-order valence-electron chi connectivity index (χ3n) is 3.13. The molecule has 0 aliphatic carbocycles. The molecule has 0 unspecified atom stereocenters. The Morgan fingerprint density at radius 2 is 2.07 bits per heavy atom. The van der Waals surface area contributed by atoms with Crippen LogP contribution >= 0.6 is 0 Å². The number of hydrogen-bond acceptors (Lipinski definition) is 1. The first-order valence-corrected chi connectivity index (χ1v) is 5.86. The van der Waals surface area contributed by atoms with E-state index < -0.39 is 0 Å². The highest BCUT2D eigenvalue weighted by Gasteiger charge is 2.14. The highest BCUT2D eigenvalue weighted by atomic mass is 16.5. The molecule has 0 amide bonds. The Morgan fingerprint density at radius 3 is 2.80 bits per heavy atom. The van der Waals surface area contributed by atoms with E-state index in [0.717, 1.165) is 19.6 Å². The fourth-order valence-electron chi connectivity index (χ4n) is 2.14. The number of rotatable bonds is 1. The van der Waals surface area contributed by atoms with E-state index in [9.17, 15) is 0 Å². The van der Waals surface area contributed by atoms with Crippen molar-refractivity contribution in [1.29, 1.82) is 0 Å². The first-order valence-electron chi connectivity index (χ1n) is 5.86. The van der Waals surface area contributed by atoms with Crippen LogP contribution in [0.4, 0.5) is 0 Å². The van der Waals surface area contributed by atoms with Crippen molar-refractivity contribution >= 4 is 0 Å². The predicted octanol–water partition coefficient (Wildman–Crippen LogP) is 3.52. The molecule has 1 nitrogen and oxygen atoms in total. The Morgan fingerprint density at radius 1 is 1.27 bits per heavy atom. The summed E-state index contributed by atoms with van der Waals surface area (Å²) in [7, 11) is 0. The lowest BCUT2D eigenvalue weighted by Gasteiger charge is -2.11. The van der Waals surface area contributed by atoms with Gasteiger partial charge in [-0.3, -0.25) is 0 Å². The van der Waals surface area contributed by atoms with Gasteiger partial charge in [0.25, 0.3) is 0 Å². The number of benzene rings is 1. The van der Waals surface area contributed by atoms with Crippen molar-refractivity contribution in [2.24, 2.45) is 5.92 Å².